The van der Waals surface area contributed by atoms with Crippen molar-refractivity contribution in [1.82, 2.24) is 4.90 Å². The lowest BCUT2D eigenvalue weighted by molar-refractivity contribution is 0.146. The van der Waals surface area contributed by atoms with E-state index in [1.807, 2.05) is 32.0 Å². The molecule has 0 bridgehead atoms. The number of rotatable bonds is 9. The van der Waals surface area contributed by atoms with Crippen LogP contribution in [0.25, 0.3) is 0 Å². The van der Waals surface area contributed by atoms with E-state index in [0.29, 0.717) is 37.7 Å². The maximum absolute atomic E-state index is 12.3. The molecule has 0 spiro atoms. The zero-order valence-corrected chi connectivity index (χ0v) is 13.6. The van der Waals surface area contributed by atoms with Crippen LogP contribution in [0.15, 0.2) is 18.2 Å². The van der Waals surface area contributed by atoms with Crippen molar-refractivity contribution < 1.29 is 19.4 Å². The number of anilines is 1. The molecule has 0 aliphatic carbocycles. The molecule has 0 unspecified atom stereocenters. The molecule has 2 amide bonds. The van der Waals surface area contributed by atoms with Gasteiger partial charge in [0.25, 0.3) is 0 Å². The van der Waals surface area contributed by atoms with E-state index < -0.39 is 0 Å². The molecule has 0 aliphatic rings. The lowest BCUT2D eigenvalue weighted by Gasteiger charge is -2.22. The summed E-state index contributed by atoms with van der Waals surface area (Å²) in [5, 5.41) is 11.9. The maximum atomic E-state index is 12.3. The van der Waals surface area contributed by atoms with Crippen LogP contribution < -0.4 is 10.1 Å². The van der Waals surface area contributed by atoms with Gasteiger partial charge in [-0.15, -0.1) is 0 Å². The summed E-state index contributed by atoms with van der Waals surface area (Å²) in [5.74, 6) is 0.617. The molecular weight excluding hydrogens is 284 g/mol. The van der Waals surface area contributed by atoms with Crippen LogP contribution in [-0.2, 0) is 4.74 Å². The van der Waals surface area contributed by atoms with E-state index in [-0.39, 0.29) is 12.6 Å². The van der Waals surface area contributed by atoms with Gasteiger partial charge in [0.1, 0.15) is 12.4 Å². The van der Waals surface area contributed by atoms with Gasteiger partial charge < -0.3 is 24.8 Å². The Hall–Kier alpha value is -1.79. The third kappa shape index (κ3) is 5.91. The number of benzene rings is 1. The first kappa shape index (κ1) is 18.3. The average molecular weight is 310 g/mol. The smallest absolute Gasteiger partial charge is 0.322 e. The Labute approximate surface area is 132 Å². The maximum Gasteiger partial charge on any atom is 0.322 e. The van der Waals surface area contributed by atoms with Gasteiger partial charge in [-0.3, -0.25) is 0 Å². The summed E-state index contributed by atoms with van der Waals surface area (Å²) in [6, 6.07) is 5.37. The summed E-state index contributed by atoms with van der Waals surface area (Å²) < 4.78 is 10.6. The quantitative estimate of drug-likeness (QED) is 0.686. The van der Waals surface area contributed by atoms with Crippen molar-refractivity contribution in [1.29, 1.82) is 0 Å². The summed E-state index contributed by atoms with van der Waals surface area (Å²) >= 11 is 0. The Morgan fingerprint density at radius 1 is 1.32 bits per heavy atom. The van der Waals surface area contributed by atoms with Crippen LogP contribution in [0.5, 0.6) is 5.75 Å². The number of hydrogen-bond donors (Lipinski definition) is 2. The van der Waals surface area contributed by atoms with Crippen LogP contribution in [-0.4, -0.2) is 56.1 Å². The second-order valence-corrected chi connectivity index (χ2v) is 4.98. The van der Waals surface area contributed by atoms with Crippen LogP contribution >= 0.6 is 0 Å². The molecule has 1 aromatic rings. The molecule has 2 N–H and O–H groups in total. The first-order valence-corrected chi connectivity index (χ1v) is 7.51. The zero-order chi connectivity index (χ0) is 16.4. The predicted octanol–water partition coefficient (Wildman–Crippen LogP) is 2.26. The molecule has 0 saturated heterocycles. The van der Waals surface area contributed by atoms with Gasteiger partial charge in [-0.25, -0.2) is 4.79 Å². The second kappa shape index (κ2) is 10.0. The summed E-state index contributed by atoms with van der Waals surface area (Å²) in [6.07, 6.45) is 0.832. The number of amides is 2. The van der Waals surface area contributed by atoms with Gasteiger partial charge in [0, 0.05) is 20.2 Å². The molecule has 6 nitrogen and oxygen atoms in total. The number of urea groups is 1. The van der Waals surface area contributed by atoms with Gasteiger partial charge in [0.2, 0.25) is 0 Å². The first-order chi connectivity index (χ1) is 10.6. The SMILES string of the molecule is CCCN(CCO)C(=O)Nc1ccc(C)cc1OCCOC. The normalized spacial score (nSPS) is 10.4. The van der Waals surface area contributed by atoms with E-state index in [4.69, 9.17) is 14.6 Å². The van der Waals surface area contributed by atoms with Crippen LogP contribution in [0.4, 0.5) is 10.5 Å². The summed E-state index contributed by atoms with van der Waals surface area (Å²) in [7, 11) is 1.61. The highest BCUT2D eigenvalue weighted by atomic mass is 16.5. The van der Waals surface area contributed by atoms with E-state index >= 15 is 0 Å². The Balaban J connectivity index is 2.79. The molecule has 1 rings (SSSR count). The van der Waals surface area contributed by atoms with Crippen molar-refractivity contribution in [3.63, 3.8) is 0 Å². The van der Waals surface area contributed by atoms with Crippen molar-refractivity contribution in [3.05, 3.63) is 23.8 Å². The molecule has 0 aromatic heterocycles. The summed E-state index contributed by atoms with van der Waals surface area (Å²) in [5.41, 5.74) is 1.66. The topological polar surface area (TPSA) is 71.0 Å². The Morgan fingerprint density at radius 3 is 2.73 bits per heavy atom. The highest BCUT2D eigenvalue weighted by Gasteiger charge is 2.14. The molecule has 0 saturated carbocycles. The number of carbonyl (C=O) groups excluding carboxylic acids is 1. The average Bonchev–Trinajstić information content (AvgIpc) is 2.50. The largest absolute Gasteiger partial charge is 0.489 e. The van der Waals surface area contributed by atoms with Gasteiger partial charge in [-0.05, 0) is 31.0 Å². The van der Waals surface area contributed by atoms with E-state index in [1.54, 1.807) is 12.0 Å². The van der Waals surface area contributed by atoms with Crippen LogP contribution in [0.3, 0.4) is 0 Å². The van der Waals surface area contributed by atoms with E-state index in [9.17, 15) is 4.79 Å². The minimum absolute atomic E-state index is 0.0570. The van der Waals surface area contributed by atoms with Crippen molar-refractivity contribution in [3.8, 4) is 5.75 Å². The number of ether oxygens (including phenoxy) is 2. The number of carbonyl (C=O) groups is 1. The van der Waals surface area contributed by atoms with Crippen LogP contribution in [0.1, 0.15) is 18.9 Å². The fourth-order valence-corrected chi connectivity index (χ4v) is 1.99. The molecule has 6 heteroatoms. The molecule has 124 valence electrons. The molecular formula is C16H26N2O4. The number of methoxy groups -OCH3 is 1. The molecule has 0 atom stereocenters. The highest BCUT2D eigenvalue weighted by molar-refractivity contribution is 5.91. The van der Waals surface area contributed by atoms with Crippen molar-refractivity contribution in [2.45, 2.75) is 20.3 Å². The summed E-state index contributed by atoms with van der Waals surface area (Å²) in [4.78, 5) is 13.9. The Morgan fingerprint density at radius 2 is 2.09 bits per heavy atom. The fraction of sp³-hybridized carbons (Fsp3) is 0.562. The van der Waals surface area contributed by atoms with Gasteiger partial charge >= 0.3 is 6.03 Å². The fourth-order valence-electron chi connectivity index (χ4n) is 1.99. The molecule has 0 heterocycles. The van der Waals surface area contributed by atoms with Crippen LogP contribution in [0.2, 0.25) is 0 Å². The molecule has 22 heavy (non-hydrogen) atoms. The molecule has 1 aromatic carbocycles. The standard InChI is InChI=1S/C16H26N2O4/c1-4-7-18(8-9-19)16(20)17-14-6-5-13(2)12-15(14)22-11-10-21-3/h5-6,12,19H,4,7-11H2,1-3H3,(H,17,20). The molecule has 0 aliphatic heterocycles. The van der Waals surface area contributed by atoms with E-state index in [1.165, 1.54) is 0 Å². The number of aliphatic hydroxyl groups is 1. The third-order valence-electron chi connectivity index (χ3n) is 3.07. The number of nitrogens with one attached hydrogen (secondary N) is 1. The Bertz CT molecular complexity index is 459. The number of hydrogen-bond acceptors (Lipinski definition) is 4. The minimum Gasteiger partial charge on any atom is -0.489 e. The van der Waals surface area contributed by atoms with Crippen molar-refractivity contribution >= 4 is 11.7 Å². The van der Waals surface area contributed by atoms with Gasteiger partial charge in [-0.2, -0.15) is 0 Å². The zero-order valence-electron chi connectivity index (χ0n) is 13.6. The molecule has 0 radical (unpaired) electrons. The number of aryl methyl sites for hydroxylation is 1. The lowest BCUT2D eigenvalue weighted by atomic mass is 10.2. The van der Waals surface area contributed by atoms with Crippen molar-refractivity contribution in [2.24, 2.45) is 0 Å². The monoisotopic (exact) mass is 310 g/mol. The van der Waals surface area contributed by atoms with Gasteiger partial charge in [-0.1, -0.05) is 13.0 Å². The molecule has 0 fully saturated rings. The Kier molecular flexibility index (Phi) is 8.32. The third-order valence-corrected chi connectivity index (χ3v) is 3.07. The van der Waals surface area contributed by atoms with Crippen LogP contribution in [0, 0.1) is 6.92 Å². The first-order valence-electron chi connectivity index (χ1n) is 7.51. The number of nitrogens with zero attached hydrogens (tertiary/aromatic N) is 1. The number of aliphatic hydroxyl groups excluding tert-OH is 1. The van der Waals surface area contributed by atoms with Crippen molar-refractivity contribution in [2.75, 3.05) is 45.3 Å². The predicted molar refractivity (Wildman–Crippen MR) is 86.5 cm³/mol. The lowest BCUT2D eigenvalue weighted by Crippen LogP contribution is -2.37. The van der Waals surface area contributed by atoms with Gasteiger partial charge in [0.05, 0.1) is 18.9 Å². The highest BCUT2D eigenvalue weighted by Crippen LogP contribution is 2.26. The van der Waals surface area contributed by atoms with Gasteiger partial charge in [0.15, 0.2) is 0 Å². The minimum atomic E-state index is -0.239. The second-order valence-electron chi connectivity index (χ2n) is 4.98. The van der Waals surface area contributed by atoms with E-state index in [0.717, 1.165) is 12.0 Å². The summed E-state index contributed by atoms with van der Waals surface area (Å²) in [6.45, 7) is 5.70. The van der Waals surface area contributed by atoms with E-state index in [2.05, 4.69) is 5.32 Å².